The van der Waals surface area contributed by atoms with Crippen LogP contribution in [-0.4, -0.2) is 52.6 Å². The van der Waals surface area contributed by atoms with Crippen LogP contribution in [0.3, 0.4) is 0 Å². The molecule has 0 saturated heterocycles. The first-order valence-corrected chi connectivity index (χ1v) is 13.0. The smallest absolute Gasteiger partial charge is 0.305 e. The minimum absolute atomic E-state index is 0.0300. The van der Waals surface area contributed by atoms with Crippen LogP contribution in [0, 0.1) is 11.6 Å². The van der Waals surface area contributed by atoms with Gasteiger partial charge in [0, 0.05) is 39.9 Å². The van der Waals surface area contributed by atoms with Gasteiger partial charge in [-0.1, -0.05) is 12.1 Å². The fourth-order valence-electron chi connectivity index (χ4n) is 4.11. The Morgan fingerprint density at radius 3 is 2.12 bits per heavy atom. The third-order valence-corrected chi connectivity index (χ3v) is 7.15. The molecule has 0 unspecified atom stereocenters. The maximum absolute atomic E-state index is 15.4. The number of carbonyl (C=O) groups excluding carboxylic acids is 3. The Morgan fingerprint density at radius 1 is 0.850 bits per heavy atom. The number of Topliss-reactive ketones (excluding diaryl/α,β-unsaturated/α-hetero) is 1. The minimum Gasteiger partial charge on any atom is -0.493 e. The van der Waals surface area contributed by atoms with Crippen molar-refractivity contribution in [2.75, 3.05) is 34.5 Å². The number of thiophene rings is 1. The highest BCUT2D eigenvalue weighted by Gasteiger charge is 2.20. The molecule has 0 radical (unpaired) electrons. The number of ether oxygens (including phenoxy) is 5. The van der Waals surface area contributed by atoms with E-state index in [4.69, 9.17) is 18.9 Å². The number of carbonyl (C=O) groups is 3. The van der Waals surface area contributed by atoms with Gasteiger partial charge < -0.3 is 23.7 Å². The molecule has 40 heavy (non-hydrogen) atoms. The summed E-state index contributed by atoms with van der Waals surface area (Å²) in [5, 5.41) is 0.913. The summed E-state index contributed by atoms with van der Waals surface area (Å²) < 4.78 is 57.4. The molecule has 0 aliphatic carbocycles. The number of esters is 1. The zero-order valence-electron chi connectivity index (χ0n) is 22.0. The van der Waals surface area contributed by atoms with Crippen molar-refractivity contribution in [1.29, 1.82) is 0 Å². The summed E-state index contributed by atoms with van der Waals surface area (Å²) in [5.74, 6) is -1.93. The summed E-state index contributed by atoms with van der Waals surface area (Å²) in [4.78, 5) is 35.2. The van der Waals surface area contributed by atoms with E-state index < -0.39 is 17.6 Å². The van der Waals surface area contributed by atoms with Crippen LogP contribution >= 0.6 is 11.3 Å². The van der Waals surface area contributed by atoms with Crippen LogP contribution in [-0.2, 0) is 9.53 Å². The molecule has 0 spiro atoms. The molecule has 4 aromatic rings. The number of hydrogen-bond acceptors (Lipinski definition) is 9. The molecule has 3 aromatic carbocycles. The number of benzene rings is 3. The van der Waals surface area contributed by atoms with E-state index in [1.54, 1.807) is 12.1 Å². The van der Waals surface area contributed by atoms with Crippen molar-refractivity contribution in [2.45, 2.75) is 19.3 Å². The molecule has 11 heteroatoms. The number of aldehydes is 1. The quantitative estimate of drug-likeness (QED) is 0.0815. The van der Waals surface area contributed by atoms with Gasteiger partial charge in [0.25, 0.3) is 0 Å². The highest BCUT2D eigenvalue weighted by Crippen LogP contribution is 2.40. The molecule has 8 nitrogen and oxygen atoms in total. The molecule has 1 aromatic heterocycles. The largest absolute Gasteiger partial charge is 0.493 e. The first-order valence-electron chi connectivity index (χ1n) is 12.2. The van der Waals surface area contributed by atoms with Gasteiger partial charge in [0.15, 0.2) is 46.7 Å². The van der Waals surface area contributed by atoms with Crippen LogP contribution in [0.2, 0.25) is 0 Å². The summed E-state index contributed by atoms with van der Waals surface area (Å²) in [5.41, 5.74) is 0.328. The molecule has 0 amide bonds. The van der Waals surface area contributed by atoms with Crippen LogP contribution in [0.25, 0.3) is 20.9 Å². The first-order chi connectivity index (χ1) is 19.3. The normalized spacial score (nSPS) is 10.9. The molecule has 0 aliphatic heterocycles. The lowest BCUT2D eigenvalue weighted by Crippen LogP contribution is -2.08. The predicted molar refractivity (Wildman–Crippen MR) is 145 cm³/mol. The van der Waals surface area contributed by atoms with Crippen molar-refractivity contribution in [2.24, 2.45) is 0 Å². The second-order valence-electron chi connectivity index (χ2n) is 8.61. The molecule has 1 heterocycles. The molecule has 4 rings (SSSR count). The van der Waals surface area contributed by atoms with E-state index in [1.165, 1.54) is 45.6 Å². The number of hydrogen-bond donors (Lipinski definition) is 0. The number of ketones is 1. The monoisotopic (exact) mass is 572 g/mol. The second kappa shape index (κ2) is 12.7. The van der Waals surface area contributed by atoms with Gasteiger partial charge in [0.1, 0.15) is 0 Å². The lowest BCUT2D eigenvalue weighted by atomic mass is 10.0. The highest BCUT2D eigenvalue weighted by molar-refractivity contribution is 7.20. The van der Waals surface area contributed by atoms with Gasteiger partial charge in [-0.25, -0.2) is 8.78 Å². The van der Waals surface area contributed by atoms with Gasteiger partial charge in [-0.3, -0.25) is 14.4 Å². The molecule has 0 fully saturated rings. The van der Waals surface area contributed by atoms with Crippen LogP contribution in [0.5, 0.6) is 23.0 Å². The Labute approximate surface area is 232 Å². The Bertz CT molecular complexity index is 1580. The number of methoxy groups -OCH3 is 3. The molecule has 210 valence electrons. The maximum atomic E-state index is 15.4. The Morgan fingerprint density at radius 2 is 1.50 bits per heavy atom. The van der Waals surface area contributed by atoms with Crippen molar-refractivity contribution < 1.29 is 46.8 Å². The Hall–Kier alpha value is -4.25. The summed E-state index contributed by atoms with van der Waals surface area (Å²) in [6.07, 6.45) is 0.848. The second-order valence-corrected chi connectivity index (χ2v) is 9.72. The van der Waals surface area contributed by atoms with E-state index in [9.17, 15) is 14.4 Å². The number of fused-ring (bicyclic) bond motifs is 2. The first kappa shape index (κ1) is 28.8. The summed E-state index contributed by atoms with van der Waals surface area (Å²) in [6.45, 7) is 0.0703. The van der Waals surface area contributed by atoms with Gasteiger partial charge in [0.05, 0.1) is 45.8 Å². The number of rotatable bonds is 13. The van der Waals surface area contributed by atoms with Gasteiger partial charge >= 0.3 is 5.97 Å². The van der Waals surface area contributed by atoms with E-state index in [2.05, 4.69) is 4.74 Å². The zero-order chi connectivity index (χ0) is 28.8. The van der Waals surface area contributed by atoms with E-state index in [1.807, 2.05) is 0 Å². The maximum Gasteiger partial charge on any atom is 0.305 e. The van der Waals surface area contributed by atoms with E-state index in [0.29, 0.717) is 26.8 Å². The van der Waals surface area contributed by atoms with Crippen molar-refractivity contribution in [1.82, 2.24) is 0 Å². The van der Waals surface area contributed by atoms with E-state index in [-0.39, 0.29) is 72.0 Å². The van der Waals surface area contributed by atoms with E-state index >= 15 is 8.78 Å². The minimum atomic E-state index is -0.662. The molecular weight excluding hydrogens is 546 g/mol. The summed E-state index contributed by atoms with van der Waals surface area (Å²) >= 11 is 1.15. The average molecular weight is 573 g/mol. The van der Waals surface area contributed by atoms with Gasteiger partial charge in [-0.05, 0) is 23.6 Å². The third kappa shape index (κ3) is 5.99. The number of halogens is 2. The Balaban J connectivity index is 1.44. The molecule has 0 N–H and O–H groups in total. The van der Waals surface area contributed by atoms with Crippen molar-refractivity contribution in [3.05, 3.63) is 58.5 Å². The molecule has 0 bridgehead atoms. The fraction of sp³-hybridized carbons (Fsp3) is 0.276. The van der Waals surface area contributed by atoms with Crippen molar-refractivity contribution in [3.8, 4) is 23.0 Å². The van der Waals surface area contributed by atoms with Crippen LogP contribution in [0.4, 0.5) is 8.78 Å². The average Bonchev–Trinajstić information content (AvgIpc) is 3.40. The van der Waals surface area contributed by atoms with Crippen molar-refractivity contribution >= 4 is 50.2 Å². The third-order valence-electron chi connectivity index (χ3n) is 6.14. The predicted octanol–water partition coefficient (Wildman–Crippen LogP) is 6.15. The zero-order valence-corrected chi connectivity index (χ0v) is 22.8. The summed E-state index contributed by atoms with van der Waals surface area (Å²) in [7, 11) is 4.01. The van der Waals surface area contributed by atoms with Gasteiger partial charge in [0.2, 0.25) is 0 Å². The SMILES string of the molecule is COC(=O)CCC(=O)c1ccc2c(F)c(OCCCOc3c(OC)cc4sc(C=O)cc4c3F)c(OC)cc2c1. The Kier molecular flexibility index (Phi) is 9.15. The lowest BCUT2D eigenvalue weighted by molar-refractivity contribution is -0.140. The standard InChI is InChI=1S/C29H26F2O8S/c1-35-22-12-17-11-16(21(33)7-8-25(34)37-3)5-6-19(17)26(30)28(22)38-9-4-10-39-29-23(36-2)14-24-20(27(29)31)13-18(15-32)40-24/h5-6,11-15H,4,7-10H2,1-3H3. The van der Waals surface area contributed by atoms with Gasteiger partial charge in [-0.15, -0.1) is 11.3 Å². The molecular formula is C29H26F2O8S. The molecule has 0 saturated carbocycles. The fourth-order valence-corrected chi connectivity index (χ4v) is 5.01. The van der Waals surface area contributed by atoms with Gasteiger partial charge in [-0.2, -0.15) is 0 Å². The van der Waals surface area contributed by atoms with Crippen LogP contribution in [0.15, 0.2) is 36.4 Å². The lowest BCUT2D eigenvalue weighted by Gasteiger charge is -2.15. The van der Waals surface area contributed by atoms with Crippen LogP contribution < -0.4 is 18.9 Å². The van der Waals surface area contributed by atoms with Crippen LogP contribution in [0.1, 0.15) is 39.3 Å². The van der Waals surface area contributed by atoms with E-state index in [0.717, 1.165) is 11.3 Å². The van der Waals surface area contributed by atoms with Crippen molar-refractivity contribution in [3.63, 3.8) is 0 Å². The summed E-state index contributed by atoms with van der Waals surface area (Å²) in [6, 6.07) is 9.10. The topological polar surface area (TPSA) is 97.4 Å². The molecule has 0 atom stereocenters. The molecule has 0 aliphatic rings. The highest BCUT2D eigenvalue weighted by atomic mass is 32.1.